The first-order valence-corrected chi connectivity index (χ1v) is 14.8. The molecule has 0 unspecified atom stereocenters. The standard InChI is InChI=1S/C24H22N4.2CHF3O3S.Co.3H2O/c1-18(19-10-3-6-15-25-19)20-11-9-14-23(28-20)24(2,21-12-4-7-16-26-21)22-13-5-8-17-27-22;2*2-1(3,4)8(5,6)7;;;;/h3-18H,1-2H3;2*(H,5,6,7);;3*1H2/q;;;+2;;;/p-1/t18-;;;;;;/m0....../s1. The molecule has 0 saturated carbocycles. The van der Waals surface area contributed by atoms with Crippen LogP contribution in [0.4, 0.5) is 26.3 Å². The minimum absolute atomic E-state index is 0. The maximum absolute atomic E-state index is 10.7. The van der Waals surface area contributed by atoms with Crippen LogP contribution in [0, 0.1) is 0 Å². The molecular weight excluding hydrogens is 749 g/mol. The molecule has 7 N–H and O–H groups in total. The summed E-state index contributed by atoms with van der Waals surface area (Å²) >= 11 is 0. The molecule has 4 aromatic heterocycles. The zero-order chi connectivity index (χ0) is 33.4. The van der Waals surface area contributed by atoms with E-state index in [1.165, 1.54) is 0 Å². The van der Waals surface area contributed by atoms with Crippen LogP contribution in [0.25, 0.3) is 0 Å². The Morgan fingerprint density at radius 3 is 1.25 bits per heavy atom. The van der Waals surface area contributed by atoms with Gasteiger partial charge >= 0.3 is 27.8 Å². The summed E-state index contributed by atoms with van der Waals surface area (Å²) in [5.41, 5.74) is -7.10. The fourth-order valence-electron chi connectivity index (χ4n) is 3.47. The fourth-order valence-corrected chi connectivity index (χ4v) is 3.47. The second-order valence-electron chi connectivity index (χ2n) is 8.78. The van der Waals surface area contributed by atoms with Crippen LogP contribution in [-0.2, 0) is 47.9 Å². The molecule has 0 amide bonds. The molecule has 0 aliphatic carbocycles. The van der Waals surface area contributed by atoms with E-state index in [1.807, 2.05) is 73.2 Å². The predicted molar refractivity (Wildman–Crippen MR) is 154 cm³/mol. The summed E-state index contributed by atoms with van der Waals surface area (Å²) in [5, 5.41) is 0. The van der Waals surface area contributed by atoms with Crippen LogP contribution >= 0.6 is 0 Å². The predicted octanol–water partition coefficient (Wildman–Crippen LogP) is 2.30. The summed E-state index contributed by atoms with van der Waals surface area (Å²) in [6, 6.07) is 24.1. The van der Waals surface area contributed by atoms with Crippen LogP contribution in [0.3, 0.4) is 0 Å². The van der Waals surface area contributed by atoms with Gasteiger partial charge in [-0.25, -0.2) is 16.8 Å². The Morgan fingerprint density at radius 2 is 0.938 bits per heavy atom. The molecule has 4 aromatic rings. The van der Waals surface area contributed by atoms with Crippen molar-refractivity contribution in [3.05, 3.63) is 120 Å². The topological polar surface area (TPSA) is 262 Å². The number of alkyl halides is 6. The van der Waals surface area contributed by atoms with E-state index in [0.29, 0.717) is 0 Å². The molecule has 0 saturated heterocycles. The van der Waals surface area contributed by atoms with Crippen LogP contribution in [-0.4, -0.2) is 67.8 Å². The summed E-state index contributed by atoms with van der Waals surface area (Å²) in [7, 11) is -12.2. The first-order valence-electron chi connectivity index (χ1n) is 11.9. The average molecular weight is 779 g/mol. The SMILES string of the molecule is C[C@@H](c1ccccn1)c1cccc(C(C)(c2ccccn2)c2ccccn2)n1.O.O.O=S(=O)([O-])C(F)(F)F.O=S(=O)([O-])C(F)(F)F.[Co+2].[OH3+]. The molecule has 4 rings (SSSR count). The third-order valence-corrected chi connectivity index (χ3v) is 6.91. The van der Waals surface area contributed by atoms with E-state index in [-0.39, 0.29) is 39.1 Å². The smallest absolute Gasteiger partial charge is 0.741 e. The van der Waals surface area contributed by atoms with Gasteiger partial charge in [0.1, 0.15) is 0 Å². The average Bonchev–Trinajstić information content (AvgIpc) is 2.96. The van der Waals surface area contributed by atoms with Crippen molar-refractivity contribution in [3.8, 4) is 0 Å². The maximum Gasteiger partial charge on any atom is 2.00 e. The van der Waals surface area contributed by atoms with Crippen LogP contribution < -0.4 is 0 Å². The molecule has 0 aromatic carbocycles. The van der Waals surface area contributed by atoms with Gasteiger partial charge in [-0.1, -0.05) is 31.2 Å². The molecule has 0 aliphatic heterocycles. The van der Waals surface area contributed by atoms with Crippen molar-refractivity contribution >= 4 is 20.2 Å². The van der Waals surface area contributed by atoms with Crippen molar-refractivity contribution in [1.82, 2.24) is 19.9 Å². The third-order valence-electron chi connectivity index (χ3n) is 5.78. The van der Waals surface area contributed by atoms with Gasteiger partial charge in [0.05, 0.1) is 22.5 Å². The van der Waals surface area contributed by atoms with Gasteiger partial charge in [0.25, 0.3) is 0 Å². The van der Waals surface area contributed by atoms with Crippen molar-refractivity contribution in [2.45, 2.75) is 36.2 Å². The Bertz CT molecular complexity index is 1640. The molecule has 0 fully saturated rings. The first kappa shape index (κ1) is 48.8. The molecule has 22 heteroatoms. The van der Waals surface area contributed by atoms with E-state index in [1.54, 1.807) is 0 Å². The van der Waals surface area contributed by atoms with Crippen molar-refractivity contribution in [1.29, 1.82) is 0 Å². The Balaban J connectivity index is -0.000000855. The van der Waals surface area contributed by atoms with Gasteiger partial charge in [-0.15, -0.1) is 0 Å². The van der Waals surface area contributed by atoms with Crippen molar-refractivity contribution in [3.63, 3.8) is 0 Å². The van der Waals surface area contributed by atoms with Gasteiger partial charge in [-0.05, 0) is 55.5 Å². The van der Waals surface area contributed by atoms with Gasteiger partial charge in [0.2, 0.25) is 0 Å². The number of aromatic nitrogens is 4. The van der Waals surface area contributed by atoms with Crippen LogP contribution in [0.15, 0.2) is 91.4 Å². The molecule has 4 heterocycles. The number of rotatable bonds is 5. The zero-order valence-corrected chi connectivity index (χ0v) is 27.1. The summed E-state index contributed by atoms with van der Waals surface area (Å²) in [4.78, 5) is 18.8. The Hall–Kier alpha value is -3.61. The minimum atomic E-state index is -6.09. The van der Waals surface area contributed by atoms with Gasteiger partial charge in [0.15, 0.2) is 20.2 Å². The third kappa shape index (κ3) is 13.1. The molecular formula is C26H29CoF6N4O9S2+. The van der Waals surface area contributed by atoms with Crippen LogP contribution in [0.1, 0.15) is 48.2 Å². The second-order valence-corrected chi connectivity index (χ2v) is 11.5. The summed E-state index contributed by atoms with van der Waals surface area (Å²) < 4.78 is 118. The summed E-state index contributed by atoms with van der Waals surface area (Å²) in [6.45, 7) is 4.27. The number of halogens is 6. The van der Waals surface area contributed by atoms with Gasteiger partial charge in [0, 0.05) is 35.9 Å². The Kier molecular flexibility index (Phi) is 19.7. The normalized spacial score (nSPS) is 12.0. The van der Waals surface area contributed by atoms with Crippen molar-refractivity contribution in [2.24, 2.45) is 0 Å². The minimum Gasteiger partial charge on any atom is -0.741 e. The van der Waals surface area contributed by atoms with E-state index in [0.717, 1.165) is 28.5 Å². The number of hydrogen-bond donors (Lipinski definition) is 0. The molecule has 269 valence electrons. The van der Waals surface area contributed by atoms with Gasteiger partial charge in [-0.2, -0.15) is 26.3 Å². The van der Waals surface area contributed by atoms with Crippen molar-refractivity contribution in [2.75, 3.05) is 0 Å². The maximum atomic E-state index is 10.7. The number of pyridine rings is 4. The zero-order valence-electron chi connectivity index (χ0n) is 24.5. The van der Waals surface area contributed by atoms with Crippen molar-refractivity contribution < 1.29 is 85.5 Å². The molecule has 0 spiro atoms. The van der Waals surface area contributed by atoms with E-state index in [2.05, 4.69) is 47.0 Å². The summed E-state index contributed by atoms with van der Waals surface area (Å²) in [5.74, 6) is 0.0952. The molecule has 1 radical (unpaired) electrons. The van der Waals surface area contributed by atoms with Crippen LogP contribution in [0.5, 0.6) is 0 Å². The number of nitrogens with zero attached hydrogens (tertiary/aromatic N) is 4. The van der Waals surface area contributed by atoms with E-state index in [9.17, 15) is 26.3 Å². The summed E-state index contributed by atoms with van der Waals surface area (Å²) in [6.07, 6.45) is 5.45. The largest absolute Gasteiger partial charge is 2.00 e. The fraction of sp³-hybridized carbons (Fsp3) is 0.231. The quantitative estimate of drug-likeness (QED) is 0.124. The molecule has 48 heavy (non-hydrogen) atoms. The molecule has 13 nitrogen and oxygen atoms in total. The van der Waals surface area contributed by atoms with Gasteiger partial charge < -0.3 is 25.5 Å². The molecule has 0 bridgehead atoms. The van der Waals surface area contributed by atoms with E-state index < -0.39 is 36.7 Å². The van der Waals surface area contributed by atoms with Crippen LogP contribution in [0.2, 0.25) is 0 Å². The van der Waals surface area contributed by atoms with E-state index >= 15 is 0 Å². The first-order chi connectivity index (χ1) is 20.2. The Morgan fingerprint density at radius 1 is 0.604 bits per heavy atom. The van der Waals surface area contributed by atoms with E-state index in [4.69, 9.17) is 30.9 Å². The molecule has 1 atom stereocenters. The number of hydrogen-bond acceptors (Lipinski definition) is 10. The monoisotopic (exact) mass is 778 g/mol. The molecule has 0 aliphatic rings. The Labute approximate surface area is 281 Å². The second kappa shape index (κ2) is 19.4. The van der Waals surface area contributed by atoms with Gasteiger partial charge in [-0.3, -0.25) is 19.9 Å².